The molecule has 0 aliphatic carbocycles. The Morgan fingerprint density at radius 2 is 1.92 bits per heavy atom. The van der Waals surface area contributed by atoms with Gasteiger partial charge in [-0.2, -0.15) is 5.26 Å². The SMILES string of the molecule is CN1C[C@@H](C(=O)N2CCCN(c3ccc(C#N)cc3)CC2)CC1=O. The zero-order valence-corrected chi connectivity index (χ0v) is 13.9. The van der Waals surface area contributed by atoms with Crippen LogP contribution in [-0.4, -0.2) is 61.4 Å². The Kier molecular flexibility index (Phi) is 4.70. The average Bonchev–Trinajstić information content (AvgIpc) is 2.80. The molecule has 2 aliphatic heterocycles. The van der Waals surface area contributed by atoms with Gasteiger partial charge in [0, 0.05) is 51.9 Å². The molecule has 1 atom stereocenters. The number of anilines is 1. The maximum atomic E-state index is 12.7. The predicted molar refractivity (Wildman–Crippen MR) is 90.3 cm³/mol. The van der Waals surface area contributed by atoms with E-state index in [0.29, 0.717) is 25.1 Å². The number of amides is 2. The van der Waals surface area contributed by atoms with E-state index in [9.17, 15) is 9.59 Å². The van der Waals surface area contributed by atoms with Crippen molar-refractivity contribution in [3.8, 4) is 6.07 Å². The van der Waals surface area contributed by atoms with E-state index in [0.717, 1.165) is 31.7 Å². The van der Waals surface area contributed by atoms with Crippen LogP contribution in [0, 0.1) is 17.2 Å². The van der Waals surface area contributed by atoms with Gasteiger partial charge in [0.05, 0.1) is 17.6 Å². The van der Waals surface area contributed by atoms with E-state index < -0.39 is 0 Å². The van der Waals surface area contributed by atoms with E-state index in [2.05, 4.69) is 11.0 Å². The number of carbonyl (C=O) groups is 2. The highest BCUT2D eigenvalue weighted by Crippen LogP contribution is 2.21. The summed E-state index contributed by atoms with van der Waals surface area (Å²) in [5.74, 6) is -0.0271. The first-order chi connectivity index (χ1) is 11.6. The molecule has 2 saturated heterocycles. The minimum atomic E-state index is -0.191. The van der Waals surface area contributed by atoms with E-state index in [1.807, 2.05) is 29.2 Å². The molecule has 2 aliphatic rings. The van der Waals surface area contributed by atoms with Gasteiger partial charge in [0.25, 0.3) is 0 Å². The largest absolute Gasteiger partial charge is 0.370 e. The topological polar surface area (TPSA) is 67.7 Å². The van der Waals surface area contributed by atoms with Gasteiger partial charge < -0.3 is 14.7 Å². The average molecular weight is 326 g/mol. The monoisotopic (exact) mass is 326 g/mol. The van der Waals surface area contributed by atoms with Crippen LogP contribution < -0.4 is 4.90 Å². The van der Waals surface area contributed by atoms with Gasteiger partial charge in [-0.15, -0.1) is 0 Å². The highest BCUT2D eigenvalue weighted by Gasteiger charge is 2.35. The van der Waals surface area contributed by atoms with Gasteiger partial charge >= 0.3 is 0 Å². The van der Waals surface area contributed by atoms with Gasteiger partial charge in [-0.25, -0.2) is 0 Å². The first-order valence-corrected chi connectivity index (χ1v) is 8.36. The molecule has 0 saturated carbocycles. The third kappa shape index (κ3) is 3.35. The number of nitrogens with zero attached hydrogens (tertiary/aromatic N) is 4. The maximum Gasteiger partial charge on any atom is 0.228 e. The Bertz CT molecular complexity index is 665. The molecule has 2 heterocycles. The number of carbonyl (C=O) groups excluding carboxylic acids is 2. The van der Waals surface area contributed by atoms with E-state index >= 15 is 0 Å². The van der Waals surface area contributed by atoms with Crippen LogP contribution in [0.5, 0.6) is 0 Å². The van der Waals surface area contributed by atoms with Crippen LogP contribution in [0.1, 0.15) is 18.4 Å². The van der Waals surface area contributed by atoms with Crippen LogP contribution in [0.25, 0.3) is 0 Å². The van der Waals surface area contributed by atoms with E-state index in [1.165, 1.54) is 0 Å². The lowest BCUT2D eigenvalue weighted by molar-refractivity contribution is -0.135. The van der Waals surface area contributed by atoms with Crippen molar-refractivity contribution in [3.63, 3.8) is 0 Å². The molecule has 0 bridgehead atoms. The van der Waals surface area contributed by atoms with Crippen LogP contribution in [0.4, 0.5) is 5.69 Å². The van der Waals surface area contributed by atoms with E-state index in [1.54, 1.807) is 11.9 Å². The van der Waals surface area contributed by atoms with Crippen molar-refractivity contribution >= 4 is 17.5 Å². The van der Waals surface area contributed by atoms with Crippen molar-refractivity contribution in [2.24, 2.45) is 5.92 Å². The quantitative estimate of drug-likeness (QED) is 0.815. The fraction of sp³-hybridized carbons (Fsp3) is 0.500. The lowest BCUT2D eigenvalue weighted by Gasteiger charge is -2.25. The molecule has 2 fully saturated rings. The summed E-state index contributed by atoms with van der Waals surface area (Å²) in [6.07, 6.45) is 1.24. The summed E-state index contributed by atoms with van der Waals surface area (Å²) in [4.78, 5) is 30.1. The van der Waals surface area contributed by atoms with Gasteiger partial charge in [0.2, 0.25) is 11.8 Å². The number of hydrogen-bond donors (Lipinski definition) is 0. The van der Waals surface area contributed by atoms with Crippen molar-refractivity contribution < 1.29 is 9.59 Å². The minimum Gasteiger partial charge on any atom is -0.370 e. The summed E-state index contributed by atoms with van der Waals surface area (Å²) in [7, 11) is 1.75. The highest BCUT2D eigenvalue weighted by atomic mass is 16.2. The second-order valence-electron chi connectivity index (χ2n) is 6.50. The lowest BCUT2D eigenvalue weighted by atomic mass is 10.1. The molecule has 0 unspecified atom stereocenters. The smallest absolute Gasteiger partial charge is 0.228 e. The fourth-order valence-corrected chi connectivity index (χ4v) is 3.43. The van der Waals surface area contributed by atoms with Crippen LogP contribution >= 0.6 is 0 Å². The van der Waals surface area contributed by atoms with Crippen LogP contribution in [0.2, 0.25) is 0 Å². The van der Waals surface area contributed by atoms with Gasteiger partial charge in [-0.05, 0) is 30.7 Å². The Morgan fingerprint density at radius 3 is 2.54 bits per heavy atom. The molecule has 6 nitrogen and oxygen atoms in total. The highest BCUT2D eigenvalue weighted by molar-refractivity contribution is 5.89. The number of likely N-dealkylation sites (tertiary alicyclic amines) is 1. The third-order valence-electron chi connectivity index (χ3n) is 4.86. The normalized spacial score (nSPS) is 21.6. The molecule has 24 heavy (non-hydrogen) atoms. The second-order valence-corrected chi connectivity index (χ2v) is 6.50. The van der Waals surface area contributed by atoms with Crippen molar-refractivity contribution in [3.05, 3.63) is 29.8 Å². The zero-order valence-electron chi connectivity index (χ0n) is 13.9. The van der Waals surface area contributed by atoms with Gasteiger partial charge in [0.15, 0.2) is 0 Å². The van der Waals surface area contributed by atoms with Crippen molar-refractivity contribution in [2.45, 2.75) is 12.8 Å². The summed E-state index contributed by atoms with van der Waals surface area (Å²) in [6, 6.07) is 9.69. The van der Waals surface area contributed by atoms with Crippen LogP contribution in [0.15, 0.2) is 24.3 Å². The van der Waals surface area contributed by atoms with Crippen molar-refractivity contribution in [2.75, 3.05) is 44.7 Å². The lowest BCUT2D eigenvalue weighted by Crippen LogP contribution is -2.39. The van der Waals surface area contributed by atoms with Gasteiger partial charge in [0.1, 0.15) is 0 Å². The molecule has 3 rings (SSSR count). The molecule has 2 amide bonds. The second kappa shape index (κ2) is 6.91. The molecule has 1 aromatic carbocycles. The first kappa shape index (κ1) is 16.3. The number of benzene rings is 1. The fourth-order valence-electron chi connectivity index (χ4n) is 3.43. The summed E-state index contributed by atoms with van der Waals surface area (Å²) in [6.45, 7) is 3.61. The molecule has 126 valence electrons. The summed E-state index contributed by atoms with van der Waals surface area (Å²) in [5, 5.41) is 8.89. The minimum absolute atomic E-state index is 0.0578. The summed E-state index contributed by atoms with van der Waals surface area (Å²) < 4.78 is 0. The summed E-state index contributed by atoms with van der Waals surface area (Å²) in [5.41, 5.74) is 1.74. The first-order valence-electron chi connectivity index (χ1n) is 8.36. The molecule has 6 heteroatoms. The molecule has 0 N–H and O–H groups in total. The molecular weight excluding hydrogens is 304 g/mol. The Labute approximate surface area is 142 Å². The molecule has 0 radical (unpaired) electrons. The molecule has 0 spiro atoms. The number of rotatable bonds is 2. The summed E-state index contributed by atoms with van der Waals surface area (Å²) >= 11 is 0. The van der Waals surface area contributed by atoms with E-state index in [4.69, 9.17) is 5.26 Å². The maximum absolute atomic E-state index is 12.7. The Hall–Kier alpha value is -2.55. The molecule has 1 aromatic rings. The number of nitriles is 1. The van der Waals surface area contributed by atoms with Crippen LogP contribution in [0.3, 0.4) is 0 Å². The Balaban J connectivity index is 1.61. The Morgan fingerprint density at radius 1 is 1.17 bits per heavy atom. The van der Waals surface area contributed by atoms with Crippen molar-refractivity contribution in [1.29, 1.82) is 5.26 Å². The van der Waals surface area contributed by atoms with E-state index in [-0.39, 0.29) is 17.7 Å². The van der Waals surface area contributed by atoms with Gasteiger partial charge in [-0.1, -0.05) is 0 Å². The van der Waals surface area contributed by atoms with Crippen molar-refractivity contribution in [1.82, 2.24) is 9.80 Å². The van der Waals surface area contributed by atoms with Crippen LogP contribution in [-0.2, 0) is 9.59 Å². The zero-order chi connectivity index (χ0) is 17.1. The standard InChI is InChI=1S/C18H22N4O2/c1-20-13-15(11-17(20)23)18(24)22-8-2-7-21(9-10-22)16-5-3-14(12-19)4-6-16/h3-6,15H,2,7-11,13H2,1H3/t15-/m0/s1. The molecule has 0 aromatic heterocycles. The predicted octanol–water partition coefficient (Wildman–Crippen LogP) is 1.08. The third-order valence-corrected chi connectivity index (χ3v) is 4.86. The van der Waals surface area contributed by atoms with Gasteiger partial charge in [-0.3, -0.25) is 9.59 Å². The molecular formula is C18H22N4O2. The number of hydrogen-bond acceptors (Lipinski definition) is 4.